The van der Waals surface area contributed by atoms with Crippen molar-refractivity contribution in [3.63, 3.8) is 0 Å². The van der Waals surface area contributed by atoms with Gasteiger partial charge in [0.1, 0.15) is 5.82 Å². The van der Waals surface area contributed by atoms with E-state index < -0.39 is 17.7 Å². The molecule has 1 aromatic carbocycles. The number of para-hydroxylation sites is 1. The summed E-state index contributed by atoms with van der Waals surface area (Å²) in [6.45, 7) is 5.72. The standard InChI is InChI=1S/C24H27F3N4O4/c1-5-34-20-16(7-6-8-18(20)35-24(25,26)27)14-31(4)19(32)10-9-15-11-17-13-29-23(2,3)22(33)30-21(17)28-12-15/h6-12,29H,5,13-14H2,1-4H3,(H,28,30,33). The van der Waals surface area contributed by atoms with Crippen LogP contribution in [0, 0.1) is 0 Å². The van der Waals surface area contributed by atoms with Crippen LogP contribution in [0.5, 0.6) is 11.5 Å². The number of carbonyl (C=O) groups excluding carboxylic acids is 2. The molecule has 1 aliphatic rings. The molecule has 1 aromatic heterocycles. The van der Waals surface area contributed by atoms with E-state index >= 15 is 0 Å². The molecule has 188 valence electrons. The van der Waals surface area contributed by atoms with Gasteiger partial charge in [0.05, 0.1) is 12.1 Å². The molecular weight excluding hydrogens is 465 g/mol. The van der Waals surface area contributed by atoms with Gasteiger partial charge >= 0.3 is 6.36 Å². The van der Waals surface area contributed by atoms with Gasteiger partial charge in [0, 0.05) is 43.5 Å². The van der Waals surface area contributed by atoms with Gasteiger partial charge in [-0.25, -0.2) is 4.98 Å². The van der Waals surface area contributed by atoms with Crippen LogP contribution in [0.25, 0.3) is 6.08 Å². The number of amides is 2. The number of nitrogens with one attached hydrogen (secondary N) is 2. The average Bonchev–Trinajstić information content (AvgIpc) is 2.88. The number of pyridine rings is 1. The van der Waals surface area contributed by atoms with Gasteiger partial charge in [0.15, 0.2) is 11.5 Å². The van der Waals surface area contributed by atoms with Crippen molar-refractivity contribution < 1.29 is 32.2 Å². The maximum Gasteiger partial charge on any atom is 0.573 e. The van der Waals surface area contributed by atoms with Crippen molar-refractivity contribution in [2.24, 2.45) is 0 Å². The third kappa shape index (κ3) is 6.72. The molecule has 0 spiro atoms. The number of nitrogens with zero attached hydrogens (tertiary/aromatic N) is 2. The number of alkyl halides is 3. The Kier molecular flexibility index (Phi) is 7.69. The Labute approximate surface area is 201 Å². The van der Waals surface area contributed by atoms with Crippen LogP contribution in [0.4, 0.5) is 19.0 Å². The molecule has 35 heavy (non-hydrogen) atoms. The number of anilines is 1. The molecule has 0 saturated heterocycles. The Hall–Kier alpha value is -3.60. The lowest BCUT2D eigenvalue weighted by molar-refractivity contribution is -0.275. The molecule has 3 rings (SSSR count). The Morgan fingerprint density at radius 2 is 2.06 bits per heavy atom. The number of benzene rings is 1. The minimum absolute atomic E-state index is 0.00103. The summed E-state index contributed by atoms with van der Waals surface area (Å²) in [4.78, 5) is 30.5. The normalized spacial score (nSPS) is 15.2. The van der Waals surface area contributed by atoms with Gasteiger partial charge in [-0.15, -0.1) is 13.2 Å². The highest BCUT2D eigenvalue weighted by Gasteiger charge is 2.33. The van der Waals surface area contributed by atoms with Crippen LogP contribution in [-0.2, 0) is 22.7 Å². The van der Waals surface area contributed by atoms with Crippen molar-refractivity contribution in [1.82, 2.24) is 15.2 Å². The number of ether oxygens (including phenoxy) is 2. The summed E-state index contributed by atoms with van der Waals surface area (Å²) in [6, 6.07) is 5.95. The van der Waals surface area contributed by atoms with Gasteiger partial charge in [-0.1, -0.05) is 12.1 Å². The molecular formula is C24H27F3N4O4. The third-order valence-corrected chi connectivity index (χ3v) is 5.29. The van der Waals surface area contributed by atoms with Crippen LogP contribution in [0.3, 0.4) is 0 Å². The minimum Gasteiger partial charge on any atom is -0.490 e. The predicted molar refractivity (Wildman–Crippen MR) is 124 cm³/mol. The van der Waals surface area contributed by atoms with Crippen molar-refractivity contribution in [2.75, 3.05) is 19.0 Å². The van der Waals surface area contributed by atoms with E-state index in [1.54, 1.807) is 32.9 Å². The fourth-order valence-electron chi connectivity index (χ4n) is 3.35. The van der Waals surface area contributed by atoms with Gasteiger partial charge < -0.3 is 19.7 Å². The number of carbonyl (C=O) groups is 2. The molecule has 2 aromatic rings. The molecule has 11 heteroatoms. The second-order valence-corrected chi connectivity index (χ2v) is 8.46. The first-order chi connectivity index (χ1) is 16.4. The van der Waals surface area contributed by atoms with E-state index in [1.165, 1.54) is 30.3 Å². The predicted octanol–water partition coefficient (Wildman–Crippen LogP) is 3.87. The van der Waals surface area contributed by atoms with Gasteiger partial charge in [0.2, 0.25) is 11.8 Å². The summed E-state index contributed by atoms with van der Waals surface area (Å²) in [5.74, 6) is -0.647. The second-order valence-electron chi connectivity index (χ2n) is 8.46. The lowest BCUT2D eigenvalue weighted by atomic mass is 10.1. The van der Waals surface area contributed by atoms with Crippen LogP contribution in [0.15, 0.2) is 36.5 Å². The molecule has 2 amide bonds. The minimum atomic E-state index is -4.87. The second kappa shape index (κ2) is 10.3. The first-order valence-electron chi connectivity index (χ1n) is 10.9. The number of rotatable bonds is 7. The maximum atomic E-state index is 12.7. The zero-order chi connectivity index (χ0) is 25.8. The van der Waals surface area contributed by atoms with Crippen LogP contribution >= 0.6 is 0 Å². The fourth-order valence-corrected chi connectivity index (χ4v) is 3.35. The highest BCUT2D eigenvalue weighted by atomic mass is 19.4. The van der Waals surface area contributed by atoms with E-state index in [2.05, 4.69) is 20.4 Å². The monoisotopic (exact) mass is 492 g/mol. The van der Waals surface area contributed by atoms with Crippen LogP contribution in [-0.4, -0.2) is 47.3 Å². The molecule has 2 heterocycles. The number of hydrogen-bond acceptors (Lipinski definition) is 6. The van der Waals surface area contributed by atoms with Crippen LogP contribution in [0.2, 0.25) is 0 Å². The number of hydrogen-bond donors (Lipinski definition) is 2. The average molecular weight is 492 g/mol. The highest BCUT2D eigenvalue weighted by Crippen LogP contribution is 2.35. The smallest absolute Gasteiger partial charge is 0.490 e. The highest BCUT2D eigenvalue weighted by molar-refractivity contribution is 5.98. The number of likely N-dealkylation sites (N-methyl/N-ethyl adjacent to an activating group) is 1. The molecule has 0 atom stereocenters. The molecule has 1 aliphatic heterocycles. The summed E-state index contributed by atoms with van der Waals surface area (Å²) in [7, 11) is 1.52. The van der Waals surface area contributed by atoms with Gasteiger partial charge in [-0.05, 0) is 44.5 Å². The summed E-state index contributed by atoms with van der Waals surface area (Å²) >= 11 is 0. The van der Waals surface area contributed by atoms with Crippen LogP contribution in [0.1, 0.15) is 37.5 Å². The lowest BCUT2D eigenvalue weighted by Gasteiger charge is -2.21. The maximum absolute atomic E-state index is 12.7. The zero-order valence-corrected chi connectivity index (χ0v) is 19.8. The topological polar surface area (TPSA) is 92.8 Å². The van der Waals surface area contributed by atoms with E-state index in [0.29, 0.717) is 23.5 Å². The van der Waals surface area contributed by atoms with E-state index in [9.17, 15) is 22.8 Å². The molecule has 2 N–H and O–H groups in total. The van der Waals surface area contributed by atoms with Crippen molar-refractivity contribution in [3.05, 3.63) is 53.2 Å². The molecule has 0 bridgehead atoms. The number of halogens is 3. The van der Waals surface area contributed by atoms with Crippen LogP contribution < -0.4 is 20.1 Å². The Morgan fingerprint density at radius 3 is 2.74 bits per heavy atom. The SMILES string of the molecule is CCOc1c(CN(C)C(=O)C=Cc2cnc3c(c2)CNC(C)(C)C(=O)N3)cccc1OC(F)(F)F. The Balaban J connectivity index is 1.73. The van der Waals surface area contributed by atoms with E-state index in [4.69, 9.17) is 4.74 Å². The molecule has 8 nitrogen and oxygen atoms in total. The van der Waals surface area contributed by atoms with E-state index in [-0.39, 0.29) is 30.7 Å². The van der Waals surface area contributed by atoms with E-state index in [1.807, 2.05) is 6.07 Å². The van der Waals surface area contributed by atoms with Crippen molar-refractivity contribution >= 4 is 23.7 Å². The van der Waals surface area contributed by atoms with Gasteiger partial charge in [-0.2, -0.15) is 0 Å². The summed E-state index contributed by atoms with van der Waals surface area (Å²) in [5.41, 5.74) is 1.04. The summed E-state index contributed by atoms with van der Waals surface area (Å²) < 4.78 is 47.7. The number of aromatic nitrogens is 1. The first-order valence-corrected chi connectivity index (χ1v) is 10.9. The molecule has 0 aliphatic carbocycles. The van der Waals surface area contributed by atoms with Gasteiger partial charge in [-0.3, -0.25) is 14.9 Å². The van der Waals surface area contributed by atoms with Crippen molar-refractivity contribution in [1.29, 1.82) is 0 Å². The summed E-state index contributed by atoms with van der Waals surface area (Å²) in [6.07, 6.45) is -0.416. The van der Waals surface area contributed by atoms with E-state index in [0.717, 1.165) is 11.6 Å². The lowest BCUT2D eigenvalue weighted by Crippen LogP contribution is -2.47. The largest absolute Gasteiger partial charge is 0.573 e. The summed E-state index contributed by atoms with van der Waals surface area (Å²) in [5, 5.41) is 5.93. The zero-order valence-electron chi connectivity index (χ0n) is 19.8. The van der Waals surface area contributed by atoms with Gasteiger partial charge in [0.25, 0.3) is 0 Å². The molecule has 0 saturated carbocycles. The van der Waals surface area contributed by atoms with Crippen molar-refractivity contribution in [2.45, 2.75) is 45.8 Å². The van der Waals surface area contributed by atoms with Crippen molar-refractivity contribution in [3.8, 4) is 11.5 Å². The first kappa shape index (κ1) is 26.0. The molecule has 0 unspecified atom stereocenters. The molecule has 0 radical (unpaired) electrons. The Bertz CT molecular complexity index is 1130. The Morgan fingerprint density at radius 1 is 1.31 bits per heavy atom. The fraction of sp³-hybridized carbons (Fsp3) is 0.375. The third-order valence-electron chi connectivity index (χ3n) is 5.29. The number of fused-ring (bicyclic) bond motifs is 1. The quantitative estimate of drug-likeness (QED) is 0.570. The molecule has 0 fully saturated rings.